The normalized spacial score (nSPS) is 11.7. The van der Waals surface area contributed by atoms with Crippen LogP contribution in [-0.2, 0) is 16.4 Å². The van der Waals surface area contributed by atoms with E-state index in [0.29, 0.717) is 18.0 Å². The third kappa shape index (κ3) is 4.12. The first kappa shape index (κ1) is 18.6. The van der Waals surface area contributed by atoms with E-state index >= 15 is 0 Å². The van der Waals surface area contributed by atoms with Crippen LogP contribution in [0.4, 0.5) is 4.39 Å². The van der Waals surface area contributed by atoms with Crippen molar-refractivity contribution >= 4 is 21.6 Å². The number of rotatable bonds is 6. The summed E-state index contributed by atoms with van der Waals surface area (Å²) in [6.07, 6.45) is 1.78. The molecule has 26 heavy (non-hydrogen) atoms. The summed E-state index contributed by atoms with van der Waals surface area (Å²) in [6.45, 7) is 2.04. The number of halogens is 2. The van der Waals surface area contributed by atoms with Gasteiger partial charge in [0.15, 0.2) is 5.82 Å². The first-order chi connectivity index (χ1) is 12.4. The molecule has 3 rings (SSSR count). The van der Waals surface area contributed by atoms with Gasteiger partial charge in [-0.05, 0) is 31.2 Å². The van der Waals surface area contributed by atoms with Crippen LogP contribution in [-0.4, -0.2) is 19.9 Å². The molecule has 0 unspecified atom stereocenters. The number of nitrogens with one attached hydrogen (secondary N) is 1. The Morgan fingerprint density at radius 1 is 1.19 bits per heavy atom. The summed E-state index contributed by atoms with van der Waals surface area (Å²) in [5, 5.41) is -0.243. The van der Waals surface area contributed by atoms with Crippen LogP contribution in [0.1, 0.15) is 11.3 Å². The van der Waals surface area contributed by atoms with Gasteiger partial charge in [0.2, 0.25) is 15.9 Å². The Morgan fingerprint density at radius 3 is 2.65 bits per heavy atom. The van der Waals surface area contributed by atoms with E-state index in [0.717, 1.165) is 17.2 Å². The Morgan fingerprint density at radius 2 is 1.92 bits per heavy atom. The first-order valence-electron chi connectivity index (χ1n) is 7.82. The highest BCUT2D eigenvalue weighted by Crippen LogP contribution is 2.22. The zero-order valence-electron chi connectivity index (χ0n) is 13.9. The van der Waals surface area contributed by atoms with E-state index in [1.165, 1.54) is 18.4 Å². The van der Waals surface area contributed by atoms with Gasteiger partial charge in [-0.3, -0.25) is 0 Å². The molecule has 0 bridgehead atoms. The Hall–Kier alpha value is -2.22. The lowest BCUT2D eigenvalue weighted by atomic mass is 10.1. The lowest BCUT2D eigenvalue weighted by Gasteiger charge is -2.07. The van der Waals surface area contributed by atoms with Gasteiger partial charge in [-0.2, -0.15) is 0 Å². The number of aryl methyl sites for hydroxylation is 1. The van der Waals surface area contributed by atoms with Gasteiger partial charge >= 0.3 is 0 Å². The smallest absolute Gasteiger partial charge is 0.243 e. The zero-order valence-corrected chi connectivity index (χ0v) is 15.4. The summed E-state index contributed by atoms with van der Waals surface area (Å²) in [5.41, 5.74) is 2.56. The Balaban J connectivity index is 1.65. The lowest BCUT2D eigenvalue weighted by Crippen LogP contribution is -2.27. The van der Waals surface area contributed by atoms with E-state index in [2.05, 4.69) is 9.71 Å². The van der Waals surface area contributed by atoms with Gasteiger partial charge in [0.1, 0.15) is 11.2 Å². The van der Waals surface area contributed by atoms with Crippen molar-refractivity contribution in [2.45, 2.75) is 18.2 Å². The van der Waals surface area contributed by atoms with Crippen molar-refractivity contribution in [3.63, 3.8) is 0 Å². The number of benzene rings is 2. The van der Waals surface area contributed by atoms with Crippen molar-refractivity contribution < 1.29 is 17.2 Å². The average Bonchev–Trinajstić information content (AvgIpc) is 3.06. The minimum absolute atomic E-state index is 0.0498. The molecule has 0 spiro atoms. The molecule has 136 valence electrons. The number of oxazole rings is 1. The molecule has 1 N–H and O–H groups in total. The molecule has 0 atom stereocenters. The topological polar surface area (TPSA) is 72.2 Å². The number of nitrogens with zero attached hydrogens (tertiary/aromatic N) is 1. The first-order valence-corrected chi connectivity index (χ1v) is 9.68. The molecule has 0 aliphatic rings. The second-order valence-electron chi connectivity index (χ2n) is 5.71. The molecule has 8 heteroatoms. The van der Waals surface area contributed by atoms with Crippen molar-refractivity contribution in [1.29, 1.82) is 0 Å². The highest BCUT2D eigenvalue weighted by atomic mass is 35.5. The minimum atomic E-state index is -4.00. The van der Waals surface area contributed by atoms with Crippen LogP contribution in [0.15, 0.2) is 58.0 Å². The summed E-state index contributed by atoms with van der Waals surface area (Å²) in [5.74, 6) is -0.506. The molecule has 1 aromatic heterocycles. The number of hydrogen-bond donors (Lipinski definition) is 1. The monoisotopic (exact) mass is 394 g/mol. The second kappa shape index (κ2) is 7.57. The molecule has 0 aliphatic carbocycles. The maximum absolute atomic E-state index is 13.9. The van der Waals surface area contributed by atoms with E-state index in [9.17, 15) is 12.8 Å². The molecule has 0 radical (unpaired) electrons. The van der Waals surface area contributed by atoms with Crippen LogP contribution in [0.5, 0.6) is 0 Å². The summed E-state index contributed by atoms with van der Waals surface area (Å²) >= 11 is 5.63. The van der Waals surface area contributed by atoms with Crippen LogP contribution in [0.3, 0.4) is 0 Å². The van der Waals surface area contributed by atoms with Crippen molar-refractivity contribution in [2.75, 3.05) is 6.54 Å². The molecule has 0 saturated heterocycles. The van der Waals surface area contributed by atoms with Gasteiger partial charge in [-0.15, -0.1) is 0 Å². The molecule has 0 saturated carbocycles. The fourth-order valence-electron chi connectivity index (χ4n) is 2.33. The maximum Gasteiger partial charge on any atom is 0.243 e. The second-order valence-corrected chi connectivity index (χ2v) is 7.85. The summed E-state index contributed by atoms with van der Waals surface area (Å²) in [7, 11) is -4.00. The van der Waals surface area contributed by atoms with Crippen molar-refractivity contribution in [1.82, 2.24) is 9.71 Å². The quantitative estimate of drug-likeness (QED) is 0.686. The standard InChI is InChI=1S/C18H16ClFN2O3S/c1-12-5-7-13(8-6-12)18-22-14(11-25-18)9-10-21-26(23,24)16-4-2-3-15(19)17(16)20/h2-8,11,21H,9-10H2,1H3. The fourth-order valence-corrected chi connectivity index (χ4v) is 3.69. The summed E-state index contributed by atoms with van der Waals surface area (Å²) < 4.78 is 46.1. The van der Waals surface area contributed by atoms with Crippen LogP contribution in [0.25, 0.3) is 11.5 Å². The SMILES string of the molecule is Cc1ccc(-c2nc(CCNS(=O)(=O)c3cccc(Cl)c3F)co2)cc1. The Kier molecular flexibility index (Phi) is 5.41. The van der Waals surface area contributed by atoms with Gasteiger partial charge in [-0.1, -0.05) is 35.4 Å². The fraction of sp³-hybridized carbons (Fsp3) is 0.167. The zero-order chi connectivity index (χ0) is 18.7. The van der Waals surface area contributed by atoms with Gasteiger partial charge in [-0.25, -0.2) is 22.5 Å². The number of hydrogen-bond acceptors (Lipinski definition) is 4. The molecule has 0 fully saturated rings. The van der Waals surface area contributed by atoms with E-state index in [4.69, 9.17) is 16.0 Å². The highest BCUT2D eigenvalue weighted by Gasteiger charge is 2.20. The molecular formula is C18H16ClFN2O3S. The van der Waals surface area contributed by atoms with Gasteiger partial charge in [0, 0.05) is 18.5 Å². The molecule has 0 aliphatic heterocycles. The Labute approximate surface area is 155 Å². The predicted molar refractivity (Wildman–Crippen MR) is 97.0 cm³/mol. The van der Waals surface area contributed by atoms with Crippen LogP contribution in [0.2, 0.25) is 5.02 Å². The van der Waals surface area contributed by atoms with E-state index < -0.39 is 20.7 Å². The summed E-state index contributed by atoms with van der Waals surface area (Å²) in [6, 6.07) is 11.5. The van der Waals surface area contributed by atoms with Gasteiger partial charge < -0.3 is 4.42 Å². The summed E-state index contributed by atoms with van der Waals surface area (Å²) in [4.78, 5) is 3.86. The molecular weight excluding hydrogens is 379 g/mol. The van der Waals surface area contributed by atoms with Crippen molar-refractivity contribution in [3.05, 3.63) is 70.8 Å². The van der Waals surface area contributed by atoms with Crippen LogP contribution in [0, 0.1) is 12.7 Å². The minimum Gasteiger partial charge on any atom is -0.444 e. The van der Waals surface area contributed by atoms with Crippen molar-refractivity contribution in [3.8, 4) is 11.5 Å². The molecule has 5 nitrogen and oxygen atoms in total. The molecule has 2 aromatic carbocycles. The number of sulfonamides is 1. The predicted octanol–water partition coefficient (Wildman–Crippen LogP) is 3.96. The van der Waals surface area contributed by atoms with Gasteiger partial charge in [0.25, 0.3) is 0 Å². The molecule has 1 heterocycles. The largest absolute Gasteiger partial charge is 0.444 e. The van der Waals surface area contributed by atoms with E-state index in [-0.39, 0.29) is 11.6 Å². The maximum atomic E-state index is 13.9. The third-order valence-electron chi connectivity index (χ3n) is 3.73. The molecule has 0 amide bonds. The van der Waals surface area contributed by atoms with Crippen LogP contribution < -0.4 is 4.72 Å². The number of aromatic nitrogens is 1. The van der Waals surface area contributed by atoms with E-state index in [1.54, 1.807) is 0 Å². The molecule has 3 aromatic rings. The van der Waals surface area contributed by atoms with E-state index in [1.807, 2.05) is 31.2 Å². The van der Waals surface area contributed by atoms with Crippen molar-refractivity contribution in [2.24, 2.45) is 0 Å². The highest BCUT2D eigenvalue weighted by molar-refractivity contribution is 7.89. The third-order valence-corrected chi connectivity index (χ3v) is 5.50. The Bertz CT molecular complexity index is 1020. The average molecular weight is 395 g/mol. The van der Waals surface area contributed by atoms with Gasteiger partial charge in [0.05, 0.1) is 10.7 Å². The van der Waals surface area contributed by atoms with Crippen LogP contribution >= 0.6 is 11.6 Å². The lowest BCUT2D eigenvalue weighted by molar-refractivity contribution is 0.556.